The SMILES string of the molecule is COCC(C)NC(=O)C1CC(=O)N(c2cccc(Cl)c2)C1. The van der Waals surface area contributed by atoms with Crippen LogP contribution in [0.3, 0.4) is 0 Å². The Labute approximate surface area is 129 Å². The number of halogens is 1. The molecule has 1 fully saturated rings. The standard InChI is InChI=1S/C15H19ClN2O3/c1-10(9-21-2)17-15(20)11-6-14(19)18(8-11)13-5-3-4-12(16)7-13/h3-5,7,10-11H,6,8-9H2,1-2H3,(H,17,20). The Hall–Kier alpha value is -1.59. The maximum atomic E-state index is 12.1. The second-order valence-corrected chi connectivity index (χ2v) is 5.69. The van der Waals surface area contributed by atoms with Crippen molar-refractivity contribution in [2.45, 2.75) is 19.4 Å². The number of hydrogen-bond acceptors (Lipinski definition) is 3. The Morgan fingerprint density at radius 1 is 1.57 bits per heavy atom. The van der Waals surface area contributed by atoms with E-state index < -0.39 is 0 Å². The highest BCUT2D eigenvalue weighted by Crippen LogP contribution is 2.27. The Bertz CT molecular complexity index is 535. The van der Waals surface area contributed by atoms with E-state index in [1.54, 1.807) is 30.2 Å². The fraction of sp³-hybridized carbons (Fsp3) is 0.467. The van der Waals surface area contributed by atoms with Crippen molar-refractivity contribution >= 4 is 29.1 Å². The molecule has 0 spiro atoms. The molecule has 2 rings (SSSR count). The Morgan fingerprint density at radius 2 is 2.33 bits per heavy atom. The normalized spacial score (nSPS) is 19.7. The number of amides is 2. The van der Waals surface area contributed by atoms with Crippen molar-refractivity contribution in [2.75, 3.05) is 25.2 Å². The molecule has 21 heavy (non-hydrogen) atoms. The fourth-order valence-corrected chi connectivity index (χ4v) is 2.61. The summed E-state index contributed by atoms with van der Waals surface area (Å²) >= 11 is 5.94. The smallest absolute Gasteiger partial charge is 0.227 e. The van der Waals surface area contributed by atoms with Crippen LogP contribution >= 0.6 is 11.6 Å². The lowest BCUT2D eigenvalue weighted by Gasteiger charge is -2.18. The van der Waals surface area contributed by atoms with Crippen LogP contribution in [-0.2, 0) is 14.3 Å². The van der Waals surface area contributed by atoms with Gasteiger partial charge in [-0.1, -0.05) is 17.7 Å². The van der Waals surface area contributed by atoms with E-state index in [0.29, 0.717) is 18.2 Å². The largest absolute Gasteiger partial charge is 0.383 e. The third-order valence-corrected chi connectivity index (χ3v) is 3.66. The summed E-state index contributed by atoms with van der Waals surface area (Å²) in [5.74, 6) is -0.509. The van der Waals surface area contributed by atoms with Crippen LogP contribution < -0.4 is 10.2 Å². The second-order valence-electron chi connectivity index (χ2n) is 5.25. The molecule has 6 heteroatoms. The van der Waals surface area contributed by atoms with Crippen molar-refractivity contribution < 1.29 is 14.3 Å². The zero-order valence-electron chi connectivity index (χ0n) is 12.1. The molecule has 0 radical (unpaired) electrons. The van der Waals surface area contributed by atoms with Crippen molar-refractivity contribution in [3.63, 3.8) is 0 Å². The topological polar surface area (TPSA) is 58.6 Å². The Kier molecular flexibility index (Phi) is 5.20. The summed E-state index contributed by atoms with van der Waals surface area (Å²) in [7, 11) is 1.59. The number of anilines is 1. The number of carbonyl (C=O) groups excluding carboxylic acids is 2. The molecule has 1 saturated heterocycles. The Balaban J connectivity index is 2.01. The summed E-state index contributed by atoms with van der Waals surface area (Å²) in [6.07, 6.45) is 0.220. The quantitative estimate of drug-likeness (QED) is 0.903. The van der Waals surface area contributed by atoms with Crippen LogP contribution in [0.2, 0.25) is 5.02 Å². The third kappa shape index (κ3) is 3.95. The maximum absolute atomic E-state index is 12.1. The van der Waals surface area contributed by atoms with E-state index in [0.717, 1.165) is 5.69 Å². The molecule has 1 N–H and O–H groups in total. The van der Waals surface area contributed by atoms with Gasteiger partial charge in [-0.05, 0) is 25.1 Å². The summed E-state index contributed by atoms with van der Waals surface area (Å²) < 4.78 is 4.99. The number of ether oxygens (including phenoxy) is 1. The van der Waals surface area contributed by atoms with E-state index in [2.05, 4.69) is 5.32 Å². The van der Waals surface area contributed by atoms with Crippen molar-refractivity contribution in [1.29, 1.82) is 0 Å². The fourth-order valence-electron chi connectivity index (χ4n) is 2.43. The zero-order valence-corrected chi connectivity index (χ0v) is 12.9. The zero-order chi connectivity index (χ0) is 15.4. The number of benzene rings is 1. The lowest BCUT2D eigenvalue weighted by atomic mass is 10.1. The Morgan fingerprint density at radius 3 is 3.00 bits per heavy atom. The molecular weight excluding hydrogens is 292 g/mol. The van der Waals surface area contributed by atoms with Gasteiger partial charge in [0.1, 0.15) is 0 Å². The molecule has 0 aromatic heterocycles. The minimum absolute atomic E-state index is 0.0585. The molecule has 2 atom stereocenters. The lowest BCUT2D eigenvalue weighted by molar-refractivity contribution is -0.127. The molecule has 1 aromatic carbocycles. The lowest BCUT2D eigenvalue weighted by Crippen LogP contribution is -2.40. The van der Waals surface area contributed by atoms with Gasteiger partial charge in [0, 0.05) is 36.8 Å². The summed E-state index contributed by atoms with van der Waals surface area (Å²) in [5, 5.41) is 3.43. The van der Waals surface area contributed by atoms with Gasteiger partial charge in [-0.2, -0.15) is 0 Å². The highest BCUT2D eigenvalue weighted by Gasteiger charge is 2.35. The first-order valence-electron chi connectivity index (χ1n) is 6.86. The number of nitrogens with zero attached hydrogens (tertiary/aromatic N) is 1. The van der Waals surface area contributed by atoms with Gasteiger partial charge in [0.25, 0.3) is 0 Å². The molecule has 5 nitrogen and oxygen atoms in total. The molecule has 0 aliphatic carbocycles. The molecule has 0 bridgehead atoms. The number of carbonyl (C=O) groups is 2. The van der Waals surface area contributed by atoms with Gasteiger partial charge in [-0.3, -0.25) is 9.59 Å². The van der Waals surface area contributed by atoms with Crippen LogP contribution in [0, 0.1) is 5.92 Å². The van der Waals surface area contributed by atoms with Gasteiger partial charge in [-0.15, -0.1) is 0 Å². The summed E-state index contributed by atoms with van der Waals surface area (Å²) in [6.45, 7) is 2.70. The van der Waals surface area contributed by atoms with E-state index in [1.165, 1.54) is 0 Å². The van der Waals surface area contributed by atoms with Gasteiger partial charge >= 0.3 is 0 Å². The minimum Gasteiger partial charge on any atom is -0.383 e. The van der Waals surface area contributed by atoms with Gasteiger partial charge in [0.05, 0.1) is 12.5 Å². The predicted octanol–water partition coefficient (Wildman–Crippen LogP) is 1.84. The average molecular weight is 311 g/mol. The highest BCUT2D eigenvalue weighted by atomic mass is 35.5. The van der Waals surface area contributed by atoms with E-state index in [9.17, 15) is 9.59 Å². The molecular formula is C15H19ClN2O3. The second kappa shape index (κ2) is 6.91. The first-order valence-corrected chi connectivity index (χ1v) is 7.24. The van der Waals surface area contributed by atoms with Crippen LogP contribution in [-0.4, -0.2) is 38.1 Å². The van der Waals surface area contributed by atoms with Gasteiger partial charge in [0.15, 0.2) is 0 Å². The summed E-state index contributed by atoms with van der Waals surface area (Å²) in [5.41, 5.74) is 0.729. The number of methoxy groups -OCH3 is 1. The van der Waals surface area contributed by atoms with Crippen molar-refractivity contribution in [3.8, 4) is 0 Å². The summed E-state index contributed by atoms with van der Waals surface area (Å²) in [4.78, 5) is 25.8. The minimum atomic E-state index is -0.337. The molecule has 0 saturated carbocycles. The van der Waals surface area contributed by atoms with Crippen LogP contribution in [0.15, 0.2) is 24.3 Å². The van der Waals surface area contributed by atoms with Crippen molar-refractivity contribution in [2.24, 2.45) is 5.92 Å². The molecule has 1 aliphatic rings. The van der Waals surface area contributed by atoms with E-state index in [-0.39, 0.29) is 30.2 Å². The van der Waals surface area contributed by atoms with Gasteiger partial charge < -0.3 is 15.0 Å². The van der Waals surface area contributed by atoms with E-state index in [1.807, 2.05) is 13.0 Å². The maximum Gasteiger partial charge on any atom is 0.227 e. The summed E-state index contributed by atoms with van der Waals surface area (Å²) in [6, 6.07) is 7.02. The van der Waals surface area contributed by atoms with Crippen LogP contribution in [0.1, 0.15) is 13.3 Å². The monoisotopic (exact) mass is 310 g/mol. The van der Waals surface area contributed by atoms with E-state index in [4.69, 9.17) is 16.3 Å². The van der Waals surface area contributed by atoms with Crippen LogP contribution in [0.5, 0.6) is 0 Å². The first-order chi connectivity index (χ1) is 10.0. The van der Waals surface area contributed by atoms with Crippen LogP contribution in [0.4, 0.5) is 5.69 Å². The number of rotatable bonds is 5. The van der Waals surface area contributed by atoms with Crippen LogP contribution in [0.25, 0.3) is 0 Å². The molecule has 2 amide bonds. The number of hydrogen-bond donors (Lipinski definition) is 1. The molecule has 1 aromatic rings. The number of nitrogens with one attached hydrogen (secondary N) is 1. The molecule has 1 heterocycles. The molecule has 2 unspecified atom stereocenters. The highest BCUT2D eigenvalue weighted by molar-refractivity contribution is 6.30. The van der Waals surface area contributed by atoms with Gasteiger partial charge in [0.2, 0.25) is 11.8 Å². The van der Waals surface area contributed by atoms with Crippen molar-refractivity contribution in [1.82, 2.24) is 5.32 Å². The first kappa shape index (κ1) is 15.8. The van der Waals surface area contributed by atoms with Gasteiger partial charge in [-0.25, -0.2) is 0 Å². The molecule has 114 valence electrons. The van der Waals surface area contributed by atoms with E-state index >= 15 is 0 Å². The predicted molar refractivity (Wildman–Crippen MR) is 81.4 cm³/mol. The third-order valence-electron chi connectivity index (χ3n) is 3.42. The van der Waals surface area contributed by atoms with Crippen molar-refractivity contribution in [3.05, 3.63) is 29.3 Å². The molecule has 1 aliphatic heterocycles. The average Bonchev–Trinajstić information content (AvgIpc) is 2.81.